The van der Waals surface area contributed by atoms with Crippen LogP contribution < -0.4 is 5.32 Å². The first-order valence-corrected chi connectivity index (χ1v) is 7.65. The van der Waals surface area contributed by atoms with Crippen LogP contribution in [-0.2, 0) is 20.7 Å². The number of hydrogen-bond donors (Lipinski definition) is 2. The molecule has 0 bridgehead atoms. The van der Waals surface area contributed by atoms with E-state index < -0.39 is 0 Å². The van der Waals surface area contributed by atoms with Crippen LogP contribution in [0, 0.1) is 0 Å². The fourth-order valence-corrected chi connectivity index (χ4v) is 2.52. The fraction of sp³-hybridized carbons (Fsp3) is 0.412. The summed E-state index contributed by atoms with van der Waals surface area (Å²) in [4.78, 5) is 25.7. The number of benzene rings is 1. The third kappa shape index (κ3) is 4.91. The highest BCUT2D eigenvalue weighted by molar-refractivity contribution is 5.99. The number of carbonyl (C=O) groups excluding carboxylic acids is 2. The van der Waals surface area contributed by atoms with Crippen molar-refractivity contribution in [2.24, 2.45) is 0 Å². The van der Waals surface area contributed by atoms with Crippen LogP contribution in [0.2, 0.25) is 0 Å². The second-order valence-corrected chi connectivity index (χ2v) is 5.37. The number of amides is 2. The van der Waals surface area contributed by atoms with Gasteiger partial charge in [-0.25, -0.2) is 0 Å². The first kappa shape index (κ1) is 17.2. The first-order chi connectivity index (χ1) is 11.1. The number of anilines is 1. The second-order valence-electron chi connectivity index (χ2n) is 5.37. The van der Waals surface area contributed by atoms with Gasteiger partial charge in [-0.05, 0) is 24.1 Å². The number of aliphatic hydroxyl groups is 1. The van der Waals surface area contributed by atoms with Crippen molar-refractivity contribution in [1.82, 2.24) is 4.90 Å². The quantitative estimate of drug-likeness (QED) is 0.766. The molecule has 1 atom stereocenters. The molecule has 6 heteroatoms. The third-order valence-electron chi connectivity index (χ3n) is 3.74. The molecule has 1 heterocycles. The summed E-state index contributed by atoms with van der Waals surface area (Å²) in [7, 11) is 0. The van der Waals surface area contributed by atoms with Gasteiger partial charge in [-0.2, -0.15) is 0 Å². The lowest BCUT2D eigenvalue weighted by Gasteiger charge is -2.33. The predicted molar refractivity (Wildman–Crippen MR) is 87.0 cm³/mol. The number of rotatable bonds is 6. The maximum atomic E-state index is 12.5. The van der Waals surface area contributed by atoms with E-state index in [1.807, 2.05) is 12.1 Å². The van der Waals surface area contributed by atoms with Crippen molar-refractivity contribution in [3.63, 3.8) is 0 Å². The van der Waals surface area contributed by atoms with Gasteiger partial charge in [0, 0.05) is 25.4 Å². The summed E-state index contributed by atoms with van der Waals surface area (Å²) < 4.78 is 5.52. The molecular formula is C17H22N2O4. The third-order valence-corrected chi connectivity index (χ3v) is 3.74. The van der Waals surface area contributed by atoms with Gasteiger partial charge in [-0.15, -0.1) is 0 Å². The van der Waals surface area contributed by atoms with Crippen LogP contribution in [0.1, 0.15) is 12.0 Å². The number of aliphatic hydroxyl groups excluding tert-OH is 1. The molecular weight excluding hydrogens is 296 g/mol. The second kappa shape index (κ2) is 8.45. The molecule has 1 unspecified atom stereocenters. The molecule has 6 nitrogen and oxygen atoms in total. The summed E-state index contributed by atoms with van der Waals surface area (Å²) in [6.45, 7) is 4.98. The van der Waals surface area contributed by atoms with Crippen molar-refractivity contribution in [1.29, 1.82) is 0 Å². The number of nitrogens with zero attached hydrogens (tertiary/aromatic N) is 1. The molecule has 0 spiro atoms. The molecule has 1 aromatic carbocycles. The smallest absolute Gasteiger partial charge is 0.247 e. The number of hydrogen-bond acceptors (Lipinski definition) is 4. The predicted octanol–water partition coefficient (Wildman–Crippen LogP) is 0.963. The zero-order chi connectivity index (χ0) is 16.7. The summed E-state index contributed by atoms with van der Waals surface area (Å²) in [5.41, 5.74) is 1.38. The molecule has 1 aliphatic heterocycles. The summed E-state index contributed by atoms with van der Waals surface area (Å²) in [5.74, 6) is -0.323. The van der Waals surface area contributed by atoms with Gasteiger partial charge in [0.25, 0.3) is 0 Å². The number of para-hydroxylation sites is 1. The largest absolute Gasteiger partial charge is 0.396 e. The van der Waals surface area contributed by atoms with Crippen molar-refractivity contribution in [3.05, 3.63) is 42.5 Å². The van der Waals surface area contributed by atoms with Crippen molar-refractivity contribution in [2.45, 2.75) is 18.9 Å². The van der Waals surface area contributed by atoms with Crippen molar-refractivity contribution >= 4 is 17.5 Å². The van der Waals surface area contributed by atoms with E-state index in [2.05, 4.69) is 11.9 Å². The molecule has 2 N–H and O–H groups in total. The lowest BCUT2D eigenvalue weighted by Crippen LogP contribution is -2.46. The van der Waals surface area contributed by atoms with Gasteiger partial charge in [0.05, 0.1) is 19.1 Å². The maximum absolute atomic E-state index is 12.5. The van der Waals surface area contributed by atoms with Gasteiger partial charge in [0.15, 0.2) is 0 Å². The van der Waals surface area contributed by atoms with E-state index in [-0.39, 0.29) is 30.9 Å². The van der Waals surface area contributed by atoms with Crippen molar-refractivity contribution < 1.29 is 19.4 Å². The summed E-state index contributed by atoms with van der Waals surface area (Å²) in [6.07, 6.45) is 1.81. The van der Waals surface area contributed by atoms with Crippen LogP contribution in [0.5, 0.6) is 0 Å². The number of morpholine rings is 1. The Kier molecular flexibility index (Phi) is 6.31. The minimum Gasteiger partial charge on any atom is -0.396 e. The highest BCUT2D eigenvalue weighted by atomic mass is 16.5. The van der Waals surface area contributed by atoms with Crippen LogP contribution in [0.25, 0.3) is 0 Å². The lowest BCUT2D eigenvalue weighted by molar-refractivity contribution is -0.138. The van der Waals surface area contributed by atoms with E-state index in [9.17, 15) is 9.59 Å². The molecule has 0 aliphatic carbocycles. The number of carbonyl (C=O) groups is 2. The van der Waals surface area contributed by atoms with E-state index in [1.54, 1.807) is 17.0 Å². The Morgan fingerprint density at radius 1 is 1.43 bits per heavy atom. The molecule has 0 aromatic heterocycles. The maximum Gasteiger partial charge on any atom is 0.247 e. The van der Waals surface area contributed by atoms with Gasteiger partial charge in [0.1, 0.15) is 0 Å². The van der Waals surface area contributed by atoms with E-state index >= 15 is 0 Å². The Bertz CT molecular complexity index is 571. The van der Waals surface area contributed by atoms with E-state index in [4.69, 9.17) is 9.84 Å². The van der Waals surface area contributed by atoms with Crippen LogP contribution in [0.4, 0.5) is 5.69 Å². The van der Waals surface area contributed by atoms with Gasteiger partial charge >= 0.3 is 0 Å². The minimum atomic E-state index is -0.306. The Morgan fingerprint density at radius 3 is 2.96 bits per heavy atom. The molecule has 1 aliphatic rings. The highest BCUT2D eigenvalue weighted by Gasteiger charge is 2.24. The lowest BCUT2D eigenvalue weighted by atomic mass is 10.1. The zero-order valence-electron chi connectivity index (χ0n) is 13.0. The molecule has 1 fully saturated rings. The SMILES string of the molecule is C=CC(=O)Nc1ccccc1CC(=O)N1CCOC(CCO)C1. The van der Waals surface area contributed by atoms with E-state index in [0.717, 1.165) is 5.56 Å². The molecule has 0 saturated carbocycles. The molecule has 1 aromatic rings. The Balaban J connectivity index is 2.02. The van der Waals surface area contributed by atoms with Gasteiger partial charge in [0.2, 0.25) is 11.8 Å². The molecule has 2 amide bonds. The van der Waals surface area contributed by atoms with Crippen LogP contribution in [-0.4, -0.2) is 54.2 Å². The van der Waals surface area contributed by atoms with E-state index in [1.165, 1.54) is 6.08 Å². The molecule has 23 heavy (non-hydrogen) atoms. The minimum absolute atomic E-state index is 0.0171. The van der Waals surface area contributed by atoms with Crippen LogP contribution in [0.3, 0.4) is 0 Å². The fourth-order valence-electron chi connectivity index (χ4n) is 2.52. The Morgan fingerprint density at radius 2 is 2.22 bits per heavy atom. The molecule has 2 rings (SSSR count). The standard InChI is InChI=1S/C17H22N2O4/c1-2-16(21)18-15-6-4-3-5-13(15)11-17(22)19-8-10-23-14(12-19)7-9-20/h2-6,14,20H,1,7-12H2,(H,18,21). The topological polar surface area (TPSA) is 78.9 Å². The summed E-state index contributed by atoms with van der Waals surface area (Å²) in [6, 6.07) is 7.22. The van der Waals surface area contributed by atoms with E-state index in [0.29, 0.717) is 31.8 Å². The Hall–Kier alpha value is -2.18. The average Bonchev–Trinajstić information content (AvgIpc) is 2.57. The average molecular weight is 318 g/mol. The molecule has 0 radical (unpaired) electrons. The van der Waals surface area contributed by atoms with Gasteiger partial charge in [-0.1, -0.05) is 24.8 Å². The Labute approximate surface area is 135 Å². The number of nitrogens with one attached hydrogen (secondary N) is 1. The van der Waals surface area contributed by atoms with Crippen molar-refractivity contribution in [2.75, 3.05) is 31.6 Å². The van der Waals surface area contributed by atoms with Crippen LogP contribution >= 0.6 is 0 Å². The summed E-state index contributed by atoms with van der Waals surface area (Å²) >= 11 is 0. The first-order valence-electron chi connectivity index (χ1n) is 7.65. The summed E-state index contributed by atoms with van der Waals surface area (Å²) in [5, 5.41) is 11.7. The van der Waals surface area contributed by atoms with Crippen molar-refractivity contribution in [3.8, 4) is 0 Å². The van der Waals surface area contributed by atoms with Crippen LogP contribution in [0.15, 0.2) is 36.9 Å². The monoisotopic (exact) mass is 318 g/mol. The van der Waals surface area contributed by atoms with Gasteiger partial charge in [-0.3, -0.25) is 9.59 Å². The molecule has 1 saturated heterocycles. The normalized spacial score (nSPS) is 17.6. The molecule has 124 valence electrons. The highest BCUT2D eigenvalue weighted by Crippen LogP contribution is 2.18. The van der Waals surface area contributed by atoms with Gasteiger partial charge < -0.3 is 20.1 Å². The number of ether oxygens (including phenoxy) is 1. The zero-order valence-corrected chi connectivity index (χ0v) is 13.0.